The number of carbonyl (C=O) groups excluding carboxylic acids is 1. The minimum Gasteiger partial charge on any atom is -0.459 e. The molecule has 6 nitrogen and oxygen atoms in total. The van der Waals surface area contributed by atoms with Gasteiger partial charge in [0.05, 0.1) is 6.26 Å². The van der Waals surface area contributed by atoms with Gasteiger partial charge in [0.15, 0.2) is 11.4 Å². The van der Waals surface area contributed by atoms with Crippen LogP contribution in [-0.2, 0) is 6.54 Å². The third kappa shape index (κ3) is 2.48. The first kappa shape index (κ1) is 14.9. The Bertz CT molecular complexity index is 853. The van der Waals surface area contributed by atoms with Gasteiger partial charge in [0, 0.05) is 31.7 Å². The van der Waals surface area contributed by atoms with Gasteiger partial charge in [-0.25, -0.2) is 9.97 Å². The summed E-state index contributed by atoms with van der Waals surface area (Å²) in [6.45, 7) is 4.45. The molecule has 3 aromatic heterocycles. The molecule has 1 amide bonds. The third-order valence-electron chi connectivity index (χ3n) is 4.55. The van der Waals surface area contributed by atoms with Gasteiger partial charge < -0.3 is 13.9 Å². The Morgan fingerprint density at radius 1 is 1.38 bits per heavy atom. The molecular weight excluding hydrogens is 304 g/mol. The number of hydrogen-bond donors (Lipinski definition) is 0. The molecule has 1 fully saturated rings. The van der Waals surface area contributed by atoms with Crippen molar-refractivity contribution in [3.8, 4) is 0 Å². The monoisotopic (exact) mass is 324 g/mol. The molecule has 3 aromatic rings. The highest BCUT2D eigenvalue weighted by atomic mass is 16.3. The molecule has 0 saturated carbocycles. The van der Waals surface area contributed by atoms with Crippen LogP contribution >= 0.6 is 0 Å². The molecule has 1 atom stereocenters. The zero-order valence-electron chi connectivity index (χ0n) is 13.7. The summed E-state index contributed by atoms with van der Waals surface area (Å²) in [5.41, 5.74) is 1.86. The van der Waals surface area contributed by atoms with E-state index in [9.17, 15) is 4.79 Å². The first-order valence-electron chi connectivity index (χ1n) is 8.42. The molecule has 6 heteroatoms. The van der Waals surface area contributed by atoms with Crippen molar-refractivity contribution in [3.05, 3.63) is 48.3 Å². The second-order valence-electron chi connectivity index (χ2n) is 6.18. The Labute approximate surface area is 140 Å². The molecular formula is C18H20N4O2. The van der Waals surface area contributed by atoms with Crippen LogP contribution in [0.2, 0.25) is 0 Å². The predicted molar refractivity (Wildman–Crippen MR) is 89.8 cm³/mol. The number of aromatic nitrogens is 3. The van der Waals surface area contributed by atoms with Gasteiger partial charge in [-0.05, 0) is 37.1 Å². The Hall–Kier alpha value is -2.63. The fourth-order valence-electron chi connectivity index (χ4n) is 3.44. The lowest BCUT2D eigenvalue weighted by Crippen LogP contribution is -2.28. The van der Waals surface area contributed by atoms with Crippen LogP contribution in [0, 0.1) is 0 Å². The Morgan fingerprint density at radius 2 is 2.29 bits per heavy atom. The van der Waals surface area contributed by atoms with Gasteiger partial charge >= 0.3 is 0 Å². The number of pyridine rings is 1. The molecule has 124 valence electrons. The maximum atomic E-state index is 12.5. The number of hydrogen-bond acceptors (Lipinski definition) is 4. The summed E-state index contributed by atoms with van der Waals surface area (Å²) in [5, 5.41) is 0. The maximum Gasteiger partial charge on any atom is 0.289 e. The van der Waals surface area contributed by atoms with Crippen molar-refractivity contribution in [2.45, 2.75) is 32.2 Å². The molecule has 24 heavy (non-hydrogen) atoms. The lowest BCUT2D eigenvalue weighted by Gasteiger charge is -2.15. The number of amides is 1. The summed E-state index contributed by atoms with van der Waals surface area (Å²) in [6.07, 6.45) is 5.28. The van der Waals surface area contributed by atoms with E-state index in [-0.39, 0.29) is 11.8 Å². The van der Waals surface area contributed by atoms with Gasteiger partial charge in [-0.2, -0.15) is 0 Å². The van der Waals surface area contributed by atoms with Gasteiger partial charge in [0.2, 0.25) is 0 Å². The summed E-state index contributed by atoms with van der Waals surface area (Å²) < 4.78 is 7.45. The van der Waals surface area contributed by atoms with E-state index in [0.717, 1.165) is 42.9 Å². The largest absolute Gasteiger partial charge is 0.459 e. The summed E-state index contributed by atoms with van der Waals surface area (Å²) >= 11 is 0. The molecule has 0 aromatic carbocycles. The molecule has 0 spiro atoms. The van der Waals surface area contributed by atoms with E-state index in [1.54, 1.807) is 18.3 Å². The van der Waals surface area contributed by atoms with Gasteiger partial charge in [0.25, 0.3) is 5.91 Å². The predicted octanol–water partition coefficient (Wildman–Crippen LogP) is 3.06. The van der Waals surface area contributed by atoms with Crippen molar-refractivity contribution in [1.29, 1.82) is 0 Å². The van der Waals surface area contributed by atoms with Gasteiger partial charge in [-0.15, -0.1) is 0 Å². The lowest BCUT2D eigenvalue weighted by atomic mass is 10.1. The van der Waals surface area contributed by atoms with Gasteiger partial charge in [0.1, 0.15) is 11.3 Å². The van der Waals surface area contributed by atoms with Crippen LogP contribution in [0.3, 0.4) is 0 Å². The number of nitrogens with zero attached hydrogens (tertiary/aromatic N) is 4. The zero-order valence-corrected chi connectivity index (χ0v) is 13.7. The fourth-order valence-corrected chi connectivity index (χ4v) is 3.44. The van der Waals surface area contributed by atoms with Crippen LogP contribution in [0.25, 0.3) is 11.2 Å². The van der Waals surface area contributed by atoms with E-state index in [2.05, 4.69) is 16.5 Å². The molecule has 0 radical (unpaired) electrons. The molecule has 1 aliphatic rings. The molecule has 0 bridgehead atoms. The summed E-state index contributed by atoms with van der Waals surface area (Å²) in [4.78, 5) is 23.6. The van der Waals surface area contributed by atoms with Crippen LogP contribution in [0.5, 0.6) is 0 Å². The lowest BCUT2D eigenvalue weighted by molar-refractivity contribution is 0.0759. The second kappa shape index (κ2) is 6.11. The highest BCUT2D eigenvalue weighted by molar-refractivity contribution is 5.91. The first-order chi connectivity index (χ1) is 11.8. The van der Waals surface area contributed by atoms with Crippen LogP contribution < -0.4 is 0 Å². The smallest absolute Gasteiger partial charge is 0.289 e. The fraction of sp³-hybridized carbons (Fsp3) is 0.389. The number of aryl methyl sites for hydroxylation is 1. The number of fused-ring (bicyclic) bond motifs is 1. The first-order valence-corrected chi connectivity index (χ1v) is 8.42. The van der Waals surface area contributed by atoms with Crippen LogP contribution in [0.15, 0.2) is 41.1 Å². The molecule has 1 aliphatic heterocycles. The molecule has 4 rings (SSSR count). The Kier molecular flexibility index (Phi) is 3.80. The van der Waals surface area contributed by atoms with E-state index in [0.29, 0.717) is 12.3 Å². The average Bonchev–Trinajstić information content (AvgIpc) is 3.34. The van der Waals surface area contributed by atoms with Crippen molar-refractivity contribution in [3.63, 3.8) is 0 Å². The maximum absolute atomic E-state index is 12.5. The standard InChI is InChI=1S/C18H20N4O2/c1-2-9-22-16(20-14-5-3-8-19-17(14)22)13-7-10-21(12-13)18(23)15-6-4-11-24-15/h3-6,8,11,13H,2,7,9-10,12H2,1H3/t13-/m1/s1. The normalized spacial score (nSPS) is 17.7. The Morgan fingerprint density at radius 3 is 3.08 bits per heavy atom. The minimum absolute atomic E-state index is 0.0428. The molecule has 1 saturated heterocycles. The molecule has 4 heterocycles. The van der Waals surface area contributed by atoms with Crippen LogP contribution in [0.4, 0.5) is 0 Å². The topological polar surface area (TPSA) is 64.2 Å². The van der Waals surface area contributed by atoms with Crippen molar-refractivity contribution in [1.82, 2.24) is 19.4 Å². The van der Waals surface area contributed by atoms with Crippen molar-refractivity contribution in [2.24, 2.45) is 0 Å². The SMILES string of the molecule is CCCn1c([C@@H]2CCN(C(=O)c3ccco3)C2)nc2cccnc21. The summed E-state index contributed by atoms with van der Waals surface area (Å²) in [5.74, 6) is 1.64. The van der Waals surface area contributed by atoms with E-state index in [4.69, 9.17) is 9.40 Å². The van der Waals surface area contributed by atoms with E-state index < -0.39 is 0 Å². The average molecular weight is 324 g/mol. The molecule has 0 aliphatic carbocycles. The van der Waals surface area contributed by atoms with Gasteiger partial charge in [-0.1, -0.05) is 6.92 Å². The number of carbonyl (C=O) groups is 1. The quantitative estimate of drug-likeness (QED) is 0.740. The number of likely N-dealkylation sites (tertiary alicyclic amines) is 1. The molecule has 0 unspecified atom stereocenters. The zero-order chi connectivity index (χ0) is 16.5. The van der Waals surface area contributed by atoms with Crippen molar-refractivity contribution in [2.75, 3.05) is 13.1 Å². The van der Waals surface area contributed by atoms with Crippen LogP contribution in [0.1, 0.15) is 42.1 Å². The number of rotatable bonds is 4. The van der Waals surface area contributed by atoms with E-state index in [1.165, 1.54) is 6.26 Å². The highest BCUT2D eigenvalue weighted by Gasteiger charge is 2.32. The van der Waals surface area contributed by atoms with Crippen molar-refractivity contribution >= 4 is 17.1 Å². The summed E-state index contributed by atoms with van der Waals surface area (Å²) in [7, 11) is 0. The van der Waals surface area contributed by atoms with Crippen LogP contribution in [-0.4, -0.2) is 38.4 Å². The van der Waals surface area contributed by atoms with E-state index in [1.807, 2.05) is 17.0 Å². The van der Waals surface area contributed by atoms with E-state index >= 15 is 0 Å². The number of imidazole rings is 1. The number of furan rings is 1. The highest BCUT2D eigenvalue weighted by Crippen LogP contribution is 2.30. The minimum atomic E-state index is -0.0428. The third-order valence-corrected chi connectivity index (χ3v) is 4.55. The van der Waals surface area contributed by atoms with Gasteiger partial charge in [-0.3, -0.25) is 4.79 Å². The molecule has 0 N–H and O–H groups in total. The second-order valence-corrected chi connectivity index (χ2v) is 6.18. The Balaban J connectivity index is 1.62. The van der Waals surface area contributed by atoms with Crippen molar-refractivity contribution < 1.29 is 9.21 Å². The summed E-state index contributed by atoms with van der Waals surface area (Å²) in [6, 6.07) is 7.37.